The van der Waals surface area contributed by atoms with Crippen molar-refractivity contribution in [3.63, 3.8) is 0 Å². The minimum Gasteiger partial charge on any atom is -0.477 e. The fourth-order valence-electron chi connectivity index (χ4n) is 3.12. The average molecular weight is 302 g/mol. The molecule has 0 radical (unpaired) electrons. The Kier molecular flexibility index (Phi) is 4.35. The third-order valence-electron chi connectivity index (χ3n) is 4.22. The van der Waals surface area contributed by atoms with Gasteiger partial charge in [0.05, 0.1) is 5.92 Å². The minimum absolute atomic E-state index is 0.0423. The summed E-state index contributed by atoms with van der Waals surface area (Å²) in [6, 6.07) is 0. The number of fused-ring (bicyclic) bond motifs is 2. The van der Waals surface area contributed by atoms with Crippen molar-refractivity contribution in [3.05, 3.63) is 12.2 Å². The SMILES string of the molecule is CC(C)CC(OC(=O)C1CC2C=CC1C2)C(F)(F)C(=O)O. The quantitative estimate of drug-likeness (QED) is 0.605. The van der Waals surface area contributed by atoms with Crippen LogP contribution in [0.2, 0.25) is 0 Å². The Morgan fingerprint density at radius 3 is 2.43 bits per heavy atom. The summed E-state index contributed by atoms with van der Waals surface area (Å²) < 4.78 is 32.4. The monoisotopic (exact) mass is 302 g/mol. The van der Waals surface area contributed by atoms with E-state index in [0.717, 1.165) is 6.42 Å². The second-order valence-electron chi connectivity index (χ2n) is 6.37. The van der Waals surface area contributed by atoms with Crippen LogP contribution in [-0.2, 0) is 14.3 Å². The van der Waals surface area contributed by atoms with Gasteiger partial charge in [-0.05, 0) is 37.0 Å². The Morgan fingerprint density at radius 2 is 2.00 bits per heavy atom. The molecule has 21 heavy (non-hydrogen) atoms. The summed E-state index contributed by atoms with van der Waals surface area (Å²) in [4.78, 5) is 22.8. The van der Waals surface area contributed by atoms with E-state index in [0.29, 0.717) is 12.3 Å². The minimum atomic E-state index is -4.06. The van der Waals surface area contributed by atoms with Crippen molar-refractivity contribution in [2.24, 2.45) is 23.7 Å². The van der Waals surface area contributed by atoms with E-state index in [1.807, 2.05) is 12.2 Å². The number of allylic oxidation sites excluding steroid dienone is 2. The summed E-state index contributed by atoms with van der Waals surface area (Å²) in [5, 5.41) is 8.66. The van der Waals surface area contributed by atoms with Gasteiger partial charge in [0, 0.05) is 0 Å². The second-order valence-corrected chi connectivity index (χ2v) is 6.37. The molecule has 2 rings (SSSR count). The lowest BCUT2D eigenvalue weighted by atomic mass is 9.93. The Balaban J connectivity index is 2.06. The second kappa shape index (κ2) is 5.73. The lowest BCUT2D eigenvalue weighted by molar-refractivity contribution is -0.197. The van der Waals surface area contributed by atoms with E-state index in [9.17, 15) is 18.4 Å². The van der Waals surface area contributed by atoms with E-state index in [4.69, 9.17) is 9.84 Å². The van der Waals surface area contributed by atoms with E-state index >= 15 is 0 Å². The predicted octanol–water partition coefficient (Wildman–Crippen LogP) is 2.88. The van der Waals surface area contributed by atoms with Gasteiger partial charge in [-0.3, -0.25) is 4.79 Å². The zero-order chi connectivity index (χ0) is 15.8. The summed E-state index contributed by atoms with van der Waals surface area (Å²) in [6.45, 7) is 3.36. The molecule has 0 heterocycles. The van der Waals surface area contributed by atoms with Gasteiger partial charge in [-0.2, -0.15) is 8.78 Å². The molecule has 0 aromatic carbocycles. The molecule has 118 valence electrons. The van der Waals surface area contributed by atoms with Gasteiger partial charge < -0.3 is 9.84 Å². The summed E-state index contributed by atoms with van der Waals surface area (Å²) in [5.41, 5.74) is 0. The van der Waals surface area contributed by atoms with Crippen molar-refractivity contribution in [3.8, 4) is 0 Å². The molecule has 4 atom stereocenters. The third-order valence-corrected chi connectivity index (χ3v) is 4.22. The first kappa shape index (κ1) is 15.9. The van der Waals surface area contributed by atoms with E-state index in [1.165, 1.54) is 0 Å². The first-order valence-electron chi connectivity index (χ1n) is 7.21. The van der Waals surface area contributed by atoms with Crippen molar-refractivity contribution in [1.29, 1.82) is 0 Å². The third kappa shape index (κ3) is 3.24. The molecular weight excluding hydrogens is 282 g/mol. The number of rotatable bonds is 6. The molecule has 6 heteroatoms. The first-order chi connectivity index (χ1) is 9.71. The molecule has 0 saturated heterocycles. The van der Waals surface area contributed by atoms with Gasteiger partial charge in [-0.15, -0.1) is 0 Å². The van der Waals surface area contributed by atoms with E-state index in [2.05, 4.69) is 0 Å². The predicted molar refractivity (Wildman–Crippen MR) is 70.8 cm³/mol. The van der Waals surface area contributed by atoms with Crippen molar-refractivity contribution in [2.75, 3.05) is 0 Å². The molecule has 0 aliphatic heterocycles. The number of hydrogen-bond donors (Lipinski definition) is 1. The van der Waals surface area contributed by atoms with Gasteiger partial charge in [0.1, 0.15) is 0 Å². The highest BCUT2D eigenvalue weighted by molar-refractivity contribution is 5.78. The van der Waals surface area contributed by atoms with Crippen LogP contribution in [0.5, 0.6) is 0 Å². The summed E-state index contributed by atoms with van der Waals surface area (Å²) >= 11 is 0. The van der Waals surface area contributed by atoms with Gasteiger partial charge in [0.25, 0.3) is 0 Å². The van der Waals surface area contributed by atoms with Crippen molar-refractivity contribution in [2.45, 2.75) is 45.1 Å². The molecule has 0 aromatic heterocycles. The number of carbonyl (C=O) groups is 2. The molecule has 2 aliphatic carbocycles. The maximum atomic E-state index is 13.7. The van der Waals surface area contributed by atoms with Crippen molar-refractivity contribution >= 4 is 11.9 Å². The number of halogens is 2. The lowest BCUT2D eigenvalue weighted by Gasteiger charge is -2.27. The highest BCUT2D eigenvalue weighted by Crippen LogP contribution is 2.44. The van der Waals surface area contributed by atoms with Crippen LogP contribution >= 0.6 is 0 Å². The number of carboxylic acids is 1. The first-order valence-corrected chi connectivity index (χ1v) is 7.21. The van der Waals surface area contributed by atoms with Crippen LogP contribution < -0.4 is 0 Å². The summed E-state index contributed by atoms with van der Waals surface area (Å²) in [6.07, 6.45) is 3.32. The van der Waals surface area contributed by atoms with E-state index in [1.54, 1.807) is 13.8 Å². The molecule has 2 aliphatic rings. The zero-order valence-corrected chi connectivity index (χ0v) is 12.1. The topological polar surface area (TPSA) is 63.6 Å². The molecule has 1 saturated carbocycles. The van der Waals surface area contributed by atoms with Gasteiger partial charge >= 0.3 is 17.9 Å². The normalized spacial score (nSPS) is 28.9. The molecule has 0 amide bonds. The highest BCUT2D eigenvalue weighted by Gasteiger charge is 2.51. The fourth-order valence-corrected chi connectivity index (χ4v) is 3.12. The standard InChI is InChI=1S/C15H20F2O4/c1-8(2)5-12(15(16,17)14(19)20)21-13(18)11-7-9-3-4-10(11)6-9/h3-4,8-12H,5-7H2,1-2H3,(H,19,20). The number of alkyl halides is 2. The summed E-state index contributed by atoms with van der Waals surface area (Å²) in [7, 11) is 0. The van der Waals surface area contributed by atoms with Crippen molar-refractivity contribution in [1.82, 2.24) is 0 Å². The number of esters is 1. The van der Waals surface area contributed by atoms with Crippen LogP contribution in [0.4, 0.5) is 8.78 Å². The average Bonchev–Trinajstić information content (AvgIpc) is 2.99. The van der Waals surface area contributed by atoms with E-state index in [-0.39, 0.29) is 18.3 Å². The smallest absolute Gasteiger partial charge is 0.378 e. The number of carbonyl (C=O) groups excluding carboxylic acids is 1. The van der Waals surface area contributed by atoms with Crippen molar-refractivity contribution < 1.29 is 28.2 Å². The lowest BCUT2D eigenvalue weighted by Crippen LogP contribution is -2.45. The van der Waals surface area contributed by atoms with Crippen LogP contribution in [0, 0.1) is 23.7 Å². The maximum Gasteiger partial charge on any atom is 0.378 e. The molecule has 1 fully saturated rings. The van der Waals surface area contributed by atoms with Gasteiger partial charge in [0.15, 0.2) is 6.10 Å². The Bertz CT molecular complexity index is 459. The fraction of sp³-hybridized carbons (Fsp3) is 0.733. The number of carboxylic acid groups (broad SMARTS) is 1. The number of ether oxygens (including phenoxy) is 1. The molecule has 4 unspecified atom stereocenters. The zero-order valence-electron chi connectivity index (χ0n) is 12.1. The van der Waals surface area contributed by atoms with Crippen LogP contribution in [0.25, 0.3) is 0 Å². The number of hydrogen-bond acceptors (Lipinski definition) is 3. The largest absolute Gasteiger partial charge is 0.477 e. The van der Waals surface area contributed by atoms with Crippen LogP contribution in [0.15, 0.2) is 12.2 Å². The van der Waals surface area contributed by atoms with Gasteiger partial charge in [-0.1, -0.05) is 26.0 Å². The Hall–Kier alpha value is -1.46. The molecule has 2 bridgehead atoms. The summed E-state index contributed by atoms with van der Waals surface area (Å²) in [5.74, 6) is -7.27. The van der Waals surface area contributed by atoms with Gasteiger partial charge in [-0.25, -0.2) is 4.79 Å². The van der Waals surface area contributed by atoms with Crippen LogP contribution in [0.1, 0.15) is 33.1 Å². The van der Waals surface area contributed by atoms with Crippen LogP contribution in [-0.4, -0.2) is 29.1 Å². The molecule has 0 spiro atoms. The highest BCUT2D eigenvalue weighted by atomic mass is 19.3. The van der Waals surface area contributed by atoms with Gasteiger partial charge in [0.2, 0.25) is 0 Å². The molecule has 1 N–H and O–H groups in total. The Morgan fingerprint density at radius 1 is 1.33 bits per heavy atom. The number of aliphatic carboxylic acids is 1. The molecule has 4 nitrogen and oxygen atoms in total. The Labute approximate surface area is 122 Å². The molecule has 0 aromatic rings. The van der Waals surface area contributed by atoms with Crippen LogP contribution in [0.3, 0.4) is 0 Å². The van der Waals surface area contributed by atoms with E-state index < -0.39 is 29.9 Å². The molecular formula is C15H20F2O4. The maximum absolute atomic E-state index is 13.7.